The van der Waals surface area contributed by atoms with Crippen molar-refractivity contribution in [1.29, 1.82) is 0 Å². The number of anilines is 1. The molecule has 0 spiro atoms. The average Bonchev–Trinajstić information content (AvgIpc) is 3.52. The van der Waals surface area contributed by atoms with Gasteiger partial charge in [0.05, 0.1) is 23.4 Å². The van der Waals surface area contributed by atoms with Crippen molar-refractivity contribution >= 4 is 39.4 Å². The molecule has 14 heteroatoms. The summed E-state index contributed by atoms with van der Waals surface area (Å²) in [5.41, 5.74) is -0.159. The van der Waals surface area contributed by atoms with Gasteiger partial charge in [-0.25, -0.2) is 31.6 Å². The smallest absolute Gasteiger partial charge is 0.338 e. The summed E-state index contributed by atoms with van der Waals surface area (Å²) in [7, 11) is -4.64. The van der Waals surface area contributed by atoms with Crippen molar-refractivity contribution in [2.45, 2.75) is 61.6 Å². The van der Waals surface area contributed by atoms with E-state index in [1.807, 2.05) is 18.2 Å². The molecule has 0 radical (unpaired) electrons. The second-order valence-electron chi connectivity index (χ2n) is 13.0. The van der Waals surface area contributed by atoms with Crippen LogP contribution < -0.4 is 10.6 Å². The lowest BCUT2D eigenvalue weighted by molar-refractivity contribution is -0.164. The SMILES string of the molecule is CC(C)(C)OC(=O)C1CC(S(=O)(=O)c2ccccc2F)C(c2ccccc2F)N1C(=O)CNC(=O)Nc1cccc(C(=O)OCc2ccccc2)c1. The minimum atomic E-state index is -4.64. The van der Waals surface area contributed by atoms with Gasteiger partial charge in [-0.1, -0.05) is 66.7 Å². The van der Waals surface area contributed by atoms with Crippen molar-refractivity contribution in [2.24, 2.45) is 0 Å². The fraction of sp³-hybridized carbons (Fsp3) is 0.263. The van der Waals surface area contributed by atoms with Gasteiger partial charge >= 0.3 is 18.0 Å². The van der Waals surface area contributed by atoms with Crippen LogP contribution in [0.15, 0.2) is 108 Å². The summed E-state index contributed by atoms with van der Waals surface area (Å²) < 4.78 is 69.4. The summed E-state index contributed by atoms with van der Waals surface area (Å²) in [6.07, 6.45) is -0.546. The molecule has 3 atom stereocenters. The second-order valence-corrected chi connectivity index (χ2v) is 15.2. The first-order valence-corrected chi connectivity index (χ1v) is 17.8. The van der Waals surface area contributed by atoms with Crippen LogP contribution in [0.4, 0.5) is 19.3 Å². The molecule has 52 heavy (non-hydrogen) atoms. The van der Waals surface area contributed by atoms with Crippen LogP contribution in [0.2, 0.25) is 0 Å². The third-order valence-electron chi connectivity index (χ3n) is 8.14. The Bertz CT molecular complexity index is 2070. The van der Waals surface area contributed by atoms with Gasteiger partial charge in [0.25, 0.3) is 0 Å². The topological polar surface area (TPSA) is 148 Å². The monoisotopic (exact) mass is 733 g/mol. The molecule has 5 rings (SSSR count). The standard InChI is InChI=1S/C38H37F2N3O8S/c1-38(2,3)51-36(46)30-21-32(52(48,49)31-19-10-9-18-29(31)40)34(27-16-7-8-17-28(27)39)43(30)33(44)22-41-37(47)42-26-15-11-14-25(20-26)35(45)50-23-24-12-5-4-6-13-24/h4-20,30,32,34H,21-23H2,1-3H3,(H2,41,42,47). The van der Waals surface area contributed by atoms with Crippen molar-refractivity contribution in [3.63, 3.8) is 0 Å². The van der Waals surface area contributed by atoms with E-state index in [4.69, 9.17) is 9.47 Å². The Kier molecular flexibility index (Phi) is 11.4. The maximum absolute atomic E-state index is 15.5. The van der Waals surface area contributed by atoms with Crippen molar-refractivity contribution < 1.29 is 45.9 Å². The number of likely N-dealkylation sites (tertiary alicyclic amines) is 1. The van der Waals surface area contributed by atoms with Gasteiger partial charge in [0.15, 0.2) is 9.84 Å². The molecule has 272 valence electrons. The Balaban J connectivity index is 1.39. The maximum atomic E-state index is 15.5. The Labute approximate surface area is 299 Å². The van der Waals surface area contributed by atoms with E-state index >= 15 is 4.39 Å². The van der Waals surface area contributed by atoms with Crippen LogP contribution in [0.25, 0.3) is 0 Å². The zero-order valence-corrected chi connectivity index (χ0v) is 29.4. The number of nitrogens with zero attached hydrogens (tertiary/aromatic N) is 1. The molecule has 1 fully saturated rings. The van der Waals surface area contributed by atoms with E-state index < -0.39 is 86.1 Å². The number of halogens is 2. The number of sulfone groups is 1. The number of hydrogen-bond acceptors (Lipinski definition) is 8. The zero-order valence-electron chi connectivity index (χ0n) is 28.5. The van der Waals surface area contributed by atoms with Crippen LogP contribution in [0.3, 0.4) is 0 Å². The van der Waals surface area contributed by atoms with E-state index in [-0.39, 0.29) is 23.4 Å². The lowest BCUT2D eigenvalue weighted by atomic mass is 10.0. The number of benzene rings is 4. The normalized spacial score (nSPS) is 17.2. The number of esters is 2. The molecule has 1 saturated heterocycles. The minimum absolute atomic E-state index is 0.0387. The Morgan fingerprint density at radius 3 is 2.17 bits per heavy atom. The molecule has 4 aromatic carbocycles. The highest BCUT2D eigenvalue weighted by atomic mass is 32.2. The number of amides is 3. The Morgan fingerprint density at radius 2 is 1.50 bits per heavy atom. The van der Waals surface area contributed by atoms with Gasteiger partial charge in [0, 0.05) is 11.3 Å². The molecule has 3 unspecified atom stereocenters. The molecule has 0 saturated carbocycles. The first-order chi connectivity index (χ1) is 24.7. The van der Waals surface area contributed by atoms with Gasteiger partial charge in [-0.05, 0) is 69.2 Å². The lowest BCUT2D eigenvalue weighted by Gasteiger charge is -2.32. The van der Waals surface area contributed by atoms with E-state index in [9.17, 15) is 32.0 Å². The summed E-state index contributed by atoms with van der Waals surface area (Å²) in [6, 6.07) is 20.7. The summed E-state index contributed by atoms with van der Waals surface area (Å²) in [5, 5.41) is 3.22. The predicted octanol–water partition coefficient (Wildman–Crippen LogP) is 5.97. The van der Waals surface area contributed by atoms with Crippen LogP contribution in [-0.2, 0) is 35.5 Å². The summed E-state index contributed by atoms with van der Waals surface area (Å²) >= 11 is 0. The van der Waals surface area contributed by atoms with Crippen LogP contribution in [0.5, 0.6) is 0 Å². The number of rotatable bonds is 10. The van der Waals surface area contributed by atoms with Gasteiger partial charge in [-0.15, -0.1) is 0 Å². The molecule has 3 amide bonds. The van der Waals surface area contributed by atoms with Gasteiger partial charge in [-0.3, -0.25) is 4.79 Å². The second kappa shape index (κ2) is 15.7. The van der Waals surface area contributed by atoms with Crippen LogP contribution in [0, 0.1) is 11.6 Å². The first kappa shape index (κ1) is 37.6. The minimum Gasteiger partial charge on any atom is -0.458 e. The number of ether oxygens (including phenoxy) is 2. The summed E-state index contributed by atoms with van der Waals surface area (Å²) in [5.74, 6) is -4.46. The molecule has 11 nitrogen and oxygen atoms in total. The van der Waals surface area contributed by atoms with Crippen LogP contribution in [0.1, 0.15) is 54.7 Å². The molecule has 4 aromatic rings. The number of urea groups is 1. The van der Waals surface area contributed by atoms with E-state index in [1.165, 1.54) is 54.6 Å². The number of hydrogen-bond donors (Lipinski definition) is 2. The van der Waals surface area contributed by atoms with E-state index in [1.54, 1.807) is 32.9 Å². The molecule has 0 bridgehead atoms. The number of nitrogens with one attached hydrogen (secondary N) is 2. The maximum Gasteiger partial charge on any atom is 0.338 e. The molecular weight excluding hydrogens is 696 g/mol. The predicted molar refractivity (Wildman–Crippen MR) is 187 cm³/mol. The number of carbonyl (C=O) groups excluding carboxylic acids is 4. The fourth-order valence-electron chi connectivity index (χ4n) is 5.90. The summed E-state index contributed by atoms with van der Waals surface area (Å²) in [4.78, 5) is 53.4. The van der Waals surface area contributed by atoms with Crippen molar-refractivity contribution in [2.75, 3.05) is 11.9 Å². The highest BCUT2D eigenvalue weighted by Gasteiger charge is 2.54. The highest BCUT2D eigenvalue weighted by molar-refractivity contribution is 7.92. The Morgan fingerprint density at radius 1 is 0.846 bits per heavy atom. The van der Waals surface area contributed by atoms with Crippen molar-refractivity contribution in [3.8, 4) is 0 Å². The third kappa shape index (κ3) is 8.80. The Hall–Kier alpha value is -5.63. The quantitative estimate of drug-likeness (QED) is 0.190. The first-order valence-electron chi connectivity index (χ1n) is 16.3. The molecular formula is C38H37F2N3O8S. The lowest BCUT2D eigenvalue weighted by Crippen LogP contribution is -2.49. The van der Waals surface area contributed by atoms with Gasteiger partial charge in [0.2, 0.25) is 5.91 Å². The zero-order chi connectivity index (χ0) is 37.6. The molecule has 0 aliphatic carbocycles. The van der Waals surface area contributed by atoms with E-state index in [2.05, 4.69) is 10.6 Å². The van der Waals surface area contributed by atoms with Crippen molar-refractivity contribution in [1.82, 2.24) is 10.2 Å². The highest BCUT2D eigenvalue weighted by Crippen LogP contribution is 2.44. The van der Waals surface area contributed by atoms with E-state index in [0.717, 1.165) is 28.7 Å². The molecule has 1 aliphatic heterocycles. The van der Waals surface area contributed by atoms with Crippen molar-refractivity contribution in [3.05, 3.63) is 131 Å². The van der Waals surface area contributed by atoms with E-state index in [0.29, 0.717) is 0 Å². The van der Waals surface area contributed by atoms with Gasteiger partial charge in [0.1, 0.15) is 34.8 Å². The molecule has 1 heterocycles. The fourth-order valence-corrected chi connectivity index (χ4v) is 7.88. The largest absolute Gasteiger partial charge is 0.458 e. The van der Waals surface area contributed by atoms with Gasteiger partial charge in [-0.2, -0.15) is 0 Å². The average molecular weight is 734 g/mol. The van der Waals surface area contributed by atoms with Crippen LogP contribution in [-0.4, -0.2) is 60.6 Å². The van der Waals surface area contributed by atoms with Crippen LogP contribution >= 0.6 is 0 Å². The third-order valence-corrected chi connectivity index (χ3v) is 10.3. The molecule has 0 aromatic heterocycles. The number of carbonyl (C=O) groups is 4. The van der Waals surface area contributed by atoms with Gasteiger partial charge < -0.3 is 25.0 Å². The molecule has 1 aliphatic rings. The molecule has 2 N–H and O–H groups in total. The summed E-state index contributed by atoms with van der Waals surface area (Å²) in [6.45, 7) is 4.02.